The Balaban J connectivity index is 1.98. The van der Waals surface area contributed by atoms with Crippen LogP contribution in [-0.4, -0.2) is 27.5 Å². The Morgan fingerprint density at radius 3 is 2.82 bits per heavy atom. The molecule has 94 valence electrons. The topological polar surface area (TPSA) is 83.8 Å². The lowest BCUT2D eigenvalue weighted by Crippen LogP contribution is -2.29. The van der Waals surface area contributed by atoms with E-state index in [4.69, 9.17) is 5.73 Å². The molecule has 1 aliphatic rings. The summed E-state index contributed by atoms with van der Waals surface area (Å²) in [6, 6.07) is 0.384. The number of H-pyrrole nitrogens is 1. The van der Waals surface area contributed by atoms with E-state index in [1.807, 2.05) is 11.8 Å². The zero-order chi connectivity index (χ0) is 12.3. The highest BCUT2D eigenvalue weighted by Crippen LogP contribution is 2.28. The molecule has 1 saturated carbocycles. The first-order chi connectivity index (χ1) is 8.20. The summed E-state index contributed by atoms with van der Waals surface area (Å²) in [7, 11) is 0. The van der Waals surface area contributed by atoms with E-state index >= 15 is 0 Å². The molecule has 0 radical (unpaired) electrons. The molecular weight excluding hydrogens is 236 g/mol. The second kappa shape index (κ2) is 5.44. The summed E-state index contributed by atoms with van der Waals surface area (Å²) in [6.45, 7) is 0. The van der Waals surface area contributed by atoms with Crippen LogP contribution >= 0.6 is 11.8 Å². The summed E-state index contributed by atoms with van der Waals surface area (Å²) >= 11 is 1.94. The number of aromatic nitrogens is 2. The van der Waals surface area contributed by atoms with Crippen LogP contribution in [0.3, 0.4) is 0 Å². The lowest BCUT2D eigenvalue weighted by molar-refractivity contribution is 0.472. The minimum Gasteiger partial charge on any atom is -0.391 e. The summed E-state index contributed by atoms with van der Waals surface area (Å²) in [5.41, 5.74) is 5.58. The van der Waals surface area contributed by atoms with E-state index in [2.05, 4.69) is 21.5 Å². The summed E-state index contributed by atoms with van der Waals surface area (Å²) in [4.78, 5) is 17.8. The van der Waals surface area contributed by atoms with Gasteiger partial charge in [0, 0.05) is 11.3 Å². The van der Waals surface area contributed by atoms with Crippen molar-refractivity contribution >= 4 is 23.3 Å². The molecule has 1 fully saturated rings. The van der Waals surface area contributed by atoms with Gasteiger partial charge in [-0.3, -0.25) is 4.79 Å². The number of thioether (sulfide) groups is 1. The van der Waals surface area contributed by atoms with Crippen molar-refractivity contribution in [2.45, 2.75) is 37.0 Å². The predicted molar refractivity (Wildman–Crippen MR) is 72.5 cm³/mol. The molecule has 0 amide bonds. The molecule has 1 aliphatic carbocycles. The first-order valence-electron chi connectivity index (χ1n) is 5.83. The van der Waals surface area contributed by atoms with Crippen molar-refractivity contribution in [3.63, 3.8) is 0 Å². The van der Waals surface area contributed by atoms with Crippen molar-refractivity contribution in [2.75, 3.05) is 17.3 Å². The first-order valence-corrected chi connectivity index (χ1v) is 7.12. The monoisotopic (exact) mass is 254 g/mol. The minimum atomic E-state index is -0.278. The molecular formula is C11H18N4OS. The van der Waals surface area contributed by atoms with Gasteiger partial charge in [0.1, 0.15) is 5.69 Å². The number of anilines is 2. The fourth-order valence-corrected chi connectivity index (χ4v) is 2.91. The van der Waals surface area contributed by atoms with Crippen LogP contribution in [0.5, 0.6) is 0 Å². The summed E-state index contributed by atoms with van der Waals surface area (Å²) < 4.78 is 0. The Kier molecular flexibility index (Phi) is 3.93. The van der Waals surface area contributed by atoms with Gasteiger partial charge in [-0.05, 0) is 31.9 Å². The predicted octanol–water partition coefficient (Wildman–Crippen LogP) is 1.44. The van der Waals surface area contributed by atoms with Crippen LogP contribution in [0, 0.1) is 0 Å². The maximum atomic E-state index is 11.3. The Labute approximate surface area is 105 Å². The van der Waals surface area contributed by atoms with Gasteiger partial charge in [-0.1, -0.05) is 0 Å². The molecule has 0 aromatic carbocycles. The molecule has 4 N–H and O–H groups in total. The van der Waals surface area contributed by atoms with Gasteiger partial charge in [-0.25, -0.2) is 4.98 Å². The lowest BCUT2D eigenvalue weighted by Gasteiger charge is -2.28. The highest BCUT2D eigenvalue weighted by atomic mass is 32.2. The van der Waals surface area contributed by atoms with E-state index in [1.54, 1.807) is 0 Å². The van der Waals surface area contributed by atoms with Gasteiger partial charge in [0.05, 0.1) is 6.33 Å². The molecule has 0 atom stereocenters. The number of hydrogen-bond acceptors (Lipinski definition) is 5. The van der Waals surface area contributed by atoms with Gasteiger partial charge >= 0.3 is 0 Å². The summed E-state index contributed by atoms with van der Waals surface area (Å²) in [5, 5.41) is 4.04. The average molecular weight is 254 g/mol. The van der Waals surface area contributed by atoms with E-state index in [0.29, 0.717) is 11.9 Å². The molecule has 0 spiro atoms. The Hall–Kier alpha value is -1.17. The van der Waals surface area contributed by atoms with Crippen molar-refractivity contribution in [2.24, 2.45) is 0 Å². The maximum absolute atomic E-state index is 11.3. The lowest BCUT2D eigenvalue weighted by atomic mass is 9.95. The highest BCUT2D eigenvalue weighted by Gasteiger charge is 2.21. The fourth-order valence-electron chi connectivity index (χ4n) is 2.16. The van der Waals surface area contributed by atoms with Gasteiger partial charge in [0.25, 0.3) is 5.56 Å². The van der Waals surface area contributed by atoms with Crippen molar-refractivity contribution in [1.82, 2.24) is 9.97 Å². The Morgan fingerprint density at radius 1 is 1.47 bits per heavy atom. The number of hydrogen-bond donors (Lipinski definition) is 3. The first kappa shape index (κ1) is 12.3. The number of aromatic amines is 1. The van der Waals surface area contributed by atoms with Crippen LogP contribution in [0.4, 0.5) is 11.5 Å². The zero-order valence-corrected chi connectivity index (χ0v) is 10.7. The van der Waals surface area contributed by atoms with Gasteiger partial charge in [-0.2, -0.15) is 11.8 Å². The van der Waals surface area contributed by atoms with Gasteiger partial charge in [-0.15, -0.1) is 0 Å². The highest BCUT2D eigenvalue weighted by molar-refractivity contribution is 7.99. The van der Waals surface area contributed by atoms with Gasteiger partial charge in [0.15, 0.2) is 5.82 Å². The third kappa shape index (κ3) is 2.94. The van der Waals surface area contributed by atoms with E-state index in [0.717, 1.165) is 18.1 Å². The molecule has 0 unspecified atom stereocenters. The second-order valence-electron chi connectivity index (χ2n) is 4.35. The third-order valence-electron chi connectivity index (χ3n) is 3.24. The maximum Gasteiger partial charge on any atom is 0.276 e. The van der Waals surface area contributed by atoms with E-state index in [-0.39, 0.29) is 11.2 Å². The van der Waals surface area contributed by atoms with Crippen molar-refractivity contribution < 1.29 is 0 Å². The zero-order valence-electron chi connectivity index (χ0n) is 9.90. The Bertz CT molecular complexity index is 426. The number of rotatable bonds is 3. The van der Waals surface area contributed by atoms with Crippen LogP contribution in [0.1, 0.15) is 25.7 Å². The molecule has 1 aromatic heterocycles. The SMILES string of the molecule is CSC1CCC(Nc2nc[nH]c(=O)c2N)CC1. The van der Waals surface area contributed by atoms with Gasteiger partial charge < -0.3 is 16.0 Å². The third-order valence-corrected chi connectivity index (χ3v) is 4.38. The smallest absolute Gasteiger partial charge is 0.276 e. The second-order valence-corrected chi connectivity index (χ2v) is 5.49. The van der Waals surface area contributed by atoms with Crippen molar-refractivity contribution in [3.8, 4) is 0 Å². The largest absolute Gasteiger partial charge is 0.391 e. The quantitative estimate of drug-likeness (QED) is 0.760. The number of nitrogens with two attached hydrogens (primary N) is 1. The summed E-state index contributed by atoms with van der Waals surface area (Å²) in [6.07, 6.45) is 8.19. The van der Waals surface area contributed by atoms with Gasteiger partial charge in [0.2, 0.25) is 0 Å². The van der Waals surface area contributed by atoms with Crippen molar-refractivity contribution in [1.29, 1.82) is 0 Å². The van der Waals surface area contributed by atoms with E-state index in [9.17, 15) is 4.79 Å². The molecule has 6 heteroatoms. The fraction of sp³-hybridized carbons (Fsp3) is 0.636. The molecule has 5 nitrogen and oxygen atoms in total. The standard InChI is InChI=1S/C11H18N4OS/c1-17-8-4-2-7(3-5-8)15-10-9(12)11(16)14-6-13-10/h6-8H,2-5,12H2,1H3,(H2,13,14,15,16). The molecule has 0 aliphatic heterocycles. The molecule has 0 bridgehead atoms. The van der Waals surface area contributed by atoms with Crippen LogP contribution in [0.25, 0.3) is 0 Å². The van der Waals surface area contributed by atoms with Crippen LogP contribution in [0.15, 0.2) is 11.1 Å². The van der Waals surface area contributed by atoms with Crippen LogP contribution in [-0.2, 0) is 0 Å². The van der Waals surface area contributed by atoms with Crippen molar-refractivity contribution in [3.05, 3.63) is 16.7 Å². The summed E-state index contributed by atoms with van der Waals surface area (Å²) in [5.74, 6) is 0.515. The number of nitrogen functional groups attached to an aromatic ring is 1. The van der Waals surface area contributed by atoms with E-state index < -0.39 is 0 Å². The van der Waals surface area contributed by atoms with Crippen LogP contribution in [0.2, 0.25) is 0 Å². The minimum absolute atomic E-state index is 0.180. The average Bonchev–Trinajstić information content (AvgIpc) is 2.36. The molecule has 1 aromatic rings. The Morgan fingerprint density at radius 2 is 2.18 bits per heavy atom. The molecule has 0 saturated heterocycles. The van der Waals surface area contributed by atoms with Crippen LogP contribution < -0.4 is 16.6 Å². The molecule has 2 rings (SSSR count). The normalized spacial score (nSPS) is 24.5. The van der Waals surface area contributed by atoms with E-state index in [1.165, 1.54) is 19.2 Å². The number of nitrogens with one attached hydrogen (secondary N) is 2. The molecule has 1 heterocycles. The molecule has 17 heavy (non-hydrogen) atoms. The number of nitrogens with zero attached hydrogens (tertiary/aromatic N) is 1.